The zero-order chi connectivity index (χ0) is 25.4. The fourth-order valence-electron chi connectivity index (χ4n) is 5.74. The van der Waals surface area contributed by atoms with Crippen LogP contribution in [0, 0.1) is 5.92 Å². The molecule has 0 atom stereocenters. The monoisotopic (exact) mass is 616 g/mol. The zero-order valence-electron chi connectivity index (χ0n) is 20.1. The first-order chi connectivity index (χ1) is 17.3. The van der Waals surface area contributed by atoms with E-state index in [-0.39, 0.29) is 17.7 Å². The second kappa shape index (κ2) is 10.5. The smallest absolute Gasteiger partial charge is 0.314 e. The molecule has 2 aromatic rings. The third-order valence-corrected chi connectivity index (χ3v) is 9.09. The van der Waals surface area contributed by atoms with E-state index >= 15 is 0 Å². The molecule has 0 unspecified atom stereocenters. The van der Waals surface area contributed by atoms with Gasteiger partial charge in [-0.3, -0.25) is 9.78 Å². The van der Waals surface area contributed by atoms with Crippen molar-refractivity contribution < 1.29 is 14.7 Å². The number of fused-ring (bicyclic) bond motifs is 2. The van der Waals surface area contributed by atoms with Gasteiger partial charge in [0.1, 0.15) is 5.75 Å². The van der Waals surface area contributed by atoms with E-state index in [0.717, 1.165) is 69.9 Å². The van der Waals surface area contributed by atoms with Crippen molar-refractivity contribution in [2.45, 2.75) is 44.9 Å². The van der Waals surface area contributed by atoms with Gasteiger partial charge in [0, 0.05) is 48.8 Å². The molecule has 2 aliphatic heterocycles. The summed E-state index contributed by atoms with van der Waals surface area (Å²) in [5.41, 5.74) is 12.3. The number of phenols is 1. The van der Waals surface area contributed by atoms with Crippen molar-refractivity contribution in [1.82, 2.24) is 14.8 Å². The van der Waals surface area contributed by atoms with E-state index in [0.29, 0.717) is 38.5 Å². The van der Waals surface area contributed by atoms with Crippen molar-refractivity contribution in [1.29, 1.82) is 0 Å². The van der Waals surface area contributed by atoms with Gasteiger partial charge in [0.15, 0.2) is 0 Å². The zero-order valence-corrected chi connectivity index (χ0v) is 23.3. The Balaban J connectivity index is 1.36. The fraction of sp³-hybridized carbons (Fsp3) is 0.444. The number of nitrogens with two attached hydrogens (primary N) is 1. The Morgan fingerprint density at radius 3 is 2.44 bits per heavy atom. The molecule has 9 heteroatoms. The molecule has 1 aliphatic carbocycles. The van der Waals surface area contributed by atoms with Crippen LogP contribution in [0.3, 0.4) is 0 Å². The van der Waals surface area contributed by atoms with Crippen LogP contribution in [0.15, 0.2) is 38.9 Å². The summed E-state index contributed by atoms with van der Waals surface area (Å²) in [6, 6.07) is 5.52. The third kappa shape index (κ3) is 5.05. The maximum atomic E-state index is 13.1. The highest BCUT2D eigenvalue weighted by atomic mass is 79.9. The third-order valence-electron chi connectivity index (χ3n) is 7.77. The minimum atomic E-state index is -0.373. The van der Waals surface area contributed by atoms with Crippen LogP contribution in [-0.4, -0.2) is 58.0 Å². The van der Waals surface area contributed by atoms with E-state index in [1.54, 1.807) is 11.0 Å². The second-order valence-electron chi connectivity index (χ2n) is 9.92. The predicted octanol–water partition coefficient (Wildman–Crippen LogP) is 5.02. The number of pyridine rings is 1. The fourth-order valence-corrected chi connectivity index (χ4v) is 6.66. The van der Waals surface area contributed by atoms with E-state index in [9.17, 15) is 14.7 Å². The summed E-state index contributed by atoms with van der Waals surface area (Å²) in [7, 11) is 0. The molecule has 1 aromatic carbocycles. The molecule has 3 N–H and O–H groups in total. The van der Waals surface area contributed by atoms with E-state index in [2.05, 4.69) is 37.9 Å². The number of aromatic hydroxyl groups is 1. The van der Waals surface area contributed by atoms with Gasteiger partial charge in [0.05, 0.1) is 10.2 Å². The number of amides is 3. The normalized spacial score (nSPS) is 18.5. The Morgan fingerprint density at radius 1 is 1.03 bits per heavy atom. The maximum Gasteiger partial charge on any atom is 0.314 e. The van der Waals surface area contributed by atoms with Crippen LogP contribution in [0.1, 0.15) is 54.5 Å². The summed E-state index contributed by atoms with van der Waals surface area (Å²) in [5, 5.41) is 10.3. The lowest BCUT2D eigenvalue weighted by molar-refractivity contribution is -0.132. The number of aryl methyl sites for hydroxylation is 1. The SMILES string of the molecule is NC(=O)N1CCC(CC(=O)N2CCC(=C3c4ccc(O)c(Br)c4CCc4cc(Br)cnc43)CC2)CC1. The molecule has 5 rings (SSSR count). The Morgan fingerprint density at radius 2 is 1.75 bits per heavy atom. The molecule has 0 bridgehead atoms. The topological polar surface area (TPSA) is 99.8 Å². The molecule has 3 aliphatic rings. The van der Waals surface area contributed by atoms with Crippen molar-refractivity contribution in [3.05, 3.63) is 61.3 Å². The van der Waals surface area contributed by atoms with Crippen molar-refractivity contribution in [2.24, 2.45) is 11.7 Å². The lowest BCUT2D eigenvalue weighted by atomic mass is 9.88. The molecule has 7 nitrogen and oxygen atoms in total. The average molecular weight is 618 g/mol. The summed E-state index contributed by atoms with van der Waals surface area (Å²) < 4.78 is 1.71. The lowest BCUT2D eigenvalue weighted by Crippen LogP contribution is -2.43. The first kappa shape index (κ1) is 25.3. The van der Waals surface area contributed by atoms with Crippen molar-refractivity contribution >= 4 is 49.4 Å². The summed E-state index contributed by atoms with van der Waals surface area (Å²) >= 11 is 7.19. The maximum absolute atomic E-state index is 13.1. The Bertz CT molecular complexity index is 1230. The molecule has 0 spiro atoms. The molecule has 0 saturated carbocycles. The first-order valence-corrected chi connectivity index (χ1v) is 14.1. The minimum Gasteiger partial charge on any atom is -0.507 e. The lowest BCUT2D eigenvalue weighted by Gasteiger charge is -2.34. The van der Waals surface area contributed by atoms with Crippen LogP contribution < -0.4 is 5.73 Å². The molecule has 3 amide bonds. The standard InChI is InChI=1S/C27H30Br2N4O3/c28-19-14-18-1-2-21-20(3-4-22(34)25(21)29)24(26(18)31-15-19)17-7-11-32(12-8-17)23(35)13-16-5-9-33(10-6-16)27(30)36/h3-4,14-16,34H,1-2,5-13H2,(H2,30,36). The van der Waals surface area contributed by atoms with Crippen LogP contribution in [0.5, 0.6) is 5.75 Å². The summed E-state index contributed by atoms with van der Waals surface area (Å²) in [4.78, 5) is 32.9. The summed E-state index contributed by atoms with van der Waals surface area (Å²) in [5.74, 6) is 0.759. The number of hydrogen-bond donors (Lipinski definition) is 2. The quantitative estimate of drug-likeness (QED) is 0.494. The van der Waals surface area contributed by atoms with Crippen molar-refractivity contribution in [3.63, 3.8) is 0 Å². The Kier molecular flexibility index (Phi) is 7.40. The Hall–Kier alpha value is -2.39. The van der Waals surface area contributed by atoms with Crippen LogP contribution in [-0.2, 0) is 17.6 Å². The highest BCUT2D eigenvalue weighted by Gasteiger charge is 2.30. The number of carbonyl (C=O) groups is 2. The van der Waals surface area contributed by atoms with Gasteiger partial charge in [-0.15, -0.1) is 0 Å². The van der Waals surface area contributed by atoms with Gasteiger partial charge in [-0.25, -0.2) is 4.79 Å². The number of hydrogen-bond acceptors (Lipinski definition) is 4. The molecular weight excluding hydrogens is 588 g/mol. The highest BCUT2D eigenvalue weighted by molar-refractivity contribution is 9.10. The van der Waals surface area contributed by atoms with Gasteiger partial charge in [0.25, 0.3) is 0 Å². The predicted molar refractivity (Wildman–Crippen MR) is 145 cm³/mol. The van der Waals surface area contributed by atoms with Gasteiger partial charge < -0.3 is 20.6 Å². The van der Waals surface area contributed by atoms with Crippen LogP contribution in [0.25, 0.3) is 5.57 Å². The van der Waals surface area contributed by atoms with Gasteiger partial charge in [-0.2, -0.15) is 0 Å². The van der Waals surface area contributed by atoms with E-state index in [1.807, 2.05) is 17.2 Å². The molecule has 2 fully saturated rings. The van der Waals surface area contributed by atoms with E-state index in [4.69, 9.17) is 10.7 Å². The molecule has 3 heterocycles. The molecular formula is C27H30Br2N4O3. The number of urea groups is 1. The van der Waals surface area contributed by atoms with E-state index < -0.39 is 0 Å². The molecule has 1 aromatic heterocycles. The number of rotatable bonds is 2. The molecule has 0 radical (unpaired) electrons. The largest absolute Gasteiger partial charge is 0.507 e. The number of aromatic nitrogens is 1. The molecule has 2 saturated heterocycles. The number of benzene rings is 1. The van der Waals surface area contributed by atoms with Gasteiger partial charge in [0.2, 0.25) is 5.91 Å². The highest BCUT2D eigenvalue weighted by Crippen LogP contribution is 2.42. The number of carbonyl (C=O) groups excluding carboxylic acids is 2. The van der Waals surface area contributed by atoms with E-state index in [1.165, 1.54) is 11.1 Å². The first-order valence-electron chi connectivity index (χ1n) is 12.5. The van der Waals surface area contributed by atoms with Gasteiger partial charge >= 0.3 is 6.03 Å². The average Bonchev–Trinajstić information content (AvgIpc) is 3.03. The van der Waals surface area contributed by atoms with Gasteiger partial charge in [-0.1, -0.05) is 11.6 Å². The summed E-state index contributed by atoms with van der Waals surface area (Å²) in [6.45, 7) is 2.66. The van der Waals surface area contributed by atoms with Crippen LogP contribution in [0.4, 0.5) is 4.79 Å². The van der Waals surface area contributed by atoms with Crippen molar-refractivity contribution in [3.8, 4) is 5.75 Å². The van der Waals surface area contributed by atoms with Crippen LogP contribution >= 0.6 is 31.9 Å². The molecule has 190 valence electrons. The number of likely N-dealkylation sites (tertiary alicyclic amines) is 2. The van der Waals surface area contributed by atoms with Crippen LogP contribution in [0.2, 0.25) is 0 Å². The summed E-state index contributed by atoms with van der Waals surface area (Å²) in [6.07, 6.45) is 7.29. The minimum absolute atomic E-state index is 0.202. The van der Waals surface area contributed by atoms with Crippen molar-refractivity contribution in [2.75, 3.05) is 26.2 Å². The second-order valence-corrected chi connectivity index (χ2v) is 11.6. The number of halogens is 2. The Labute approximate surface area is 228 Å². The number of primary amides is 1. The number of phenolic OH excluding ortho intramolecular Hbond substituents is 1. The van der Waals surface area contributed by atoms with Gasteiger partial charge in [-0.05, 0) is 105 Å². The number of piperidine rings is 2. The molecule has 36 heavy (non-hydrogen) atoms. The number of nitrogens with zero attached hydrogens (tertiary/aromatic N) is 3.